The van der Waals surface area contributed by atoms with Crippen molar-refractivity contribution in [2.24, 2.45) is 0 Å². The first-order valence-corrected chi connectivity index (χ1v) is 14.4. The lowest BCUT2D eigenvalue weighted by Gasteiger charge is -2.22. The summed E-state index contributed by atoms with van der Waals surface area (Å²) in [6, 6.07) is 40.3. The number of aromatic nitrogens is 1. The van der Waals surface area contributed by atoms with E-state index in [9.17, 15) is 0 Å². The molecule has 0 saturated carbocycles. The number of nitrogens with zero attached hydrogens (tertiary/aromatic N) is 1. The van der Waals surface area contributed by atoms with Crippen LogP contribution in [0, 0.1) is 6.92 Å². The van der Waals surface area contributed by atoms with Crippen molar-refractivity contribution in [2.45, 2.75) is 26.2 Å². The van der Waals surface area contributed by atoms with Crippen molar-refractivity contribution in [3.05, 3.63) is 126 Å². The van der Waals surface area contributed by atoms with Crippen LogP contribution in [-0.4, -0.2) is 4.98 Å². The van der Waals surface area contributed by atoms with E-state index in [1.54, 1.807) is 11.3 Å². The van der Waals surface area contributed by atoms with Crippen LogP contribution in [0.3, 0.4) is 0 Å². The van der Waals surface area contributed by atoms with Gasteiger partial charge in [0.15, 0.2) is 0 Å². The highest BCUT2D eigenvalue weighted by molar-refractivity contribution is 7.21. The van der Waals surface area contributed by atoms with Crippen LogP contribution >= 0.6 is 11.3 Å². The van der Waals surface area contributed by atoms with Gasteiger partial charge in [0.1, 0.15) is 5.01 Å². The van der Waals surface area contributed by atoms with Gasteiger partial charge in [-0.2, -0.15) is 0 Å². The normalized spacial score (nSPS) is 13.7. The van der Waals surface area contributed by atoms with Crippen LogP contribution in [0.4, 0.5) is 0 Å². The van der Waals surface area contributed by atoms with E-state index in [2.05, 4.69) is 130 Å². The molecule has 7 aromatic rings. The summed E-state index contributed by atoms with van der Waals surface area (Å²) in [6.07, 6.45) is 0. The highest BCUT2D eigenvalue weighted by Gasteiger charge is 2.35. The number of rotatable bonds is 2. The van der Waals surface area contributed by atoms with Gasteiger partial charge in [0.25, 0.3) is 0 Å². The minimum absolute atomic E-state index is 0.00187. The molecule has 0 atom stereocenters. The minimum atomic E-state index is 0.00187. The summed E-state index contributed by atoms with van der Waals surface area (Å²) in [6.45, 7) is 6.88. The lowest BCUT2D eigenvalue weighted by atomic mass is 9.81. The lowest BCUT2D eigenvalue weighted by Crippen LogP contribution is -2.14. The Hall–Kier alpha value is -4.27. The lowest BCUT2D eigenvalue weighted by molar-refractivity contribution is 0.660. The van der Waals surface area contributed by atoms with E-state index in [0.717, 1.165) is 10.5 Å². The van der Waals surface area contributed by atoms with Crippen molar-refractivity contribution in [3.63, 3.8) is 0 Å². The third-order valence-corrected chi connectivity index (χ3v) is 9.61. The molecule has 0 unspecified atom stereocenters. The second kappa shape index (κ2) is 8.11. The standard InChI is InChI=1S/C37H27NS/c1-22-16-18-27-29(20-22)34(23-17-19-31-28(21-23)24-10-6-7-13-30(24)37(31,2)3)25-11-4-5-12-26(25)35(27)36-38-32-14-8-9-15-33(32)39-36/h4-21H,1-3H3. The molecule has 2 heteroatoms. The fraction of sp³-hybridized carbons (Fsp3) is 0.108. The Morgan fingerprint density at radius 2 is 1.28 bits per heavy atom. The summed E-state index contributed by atoms with van der Waals surface area (Å²) in [5.41, 5.74) is 11.7. The van der Waals surface area contributed by atoms with E-state index < -0.39 is 0 Å². The van der Waals surface area contributed by atoms with Crippen LogP contribution in [0.5, 0.6) is 0 Å². The number of para-hydroxylation sites is 1. The highest BCUT2D eigenvalue weighted by atomic mass is 32.1. The van der Waals surface area contributed by atoms with Crippen LogP contribution in [0.15, 0.2) is 109 Å². The Kier molecular flexibility index (Phi) is 4.72. The van der Waals surface area contributed by atoms with Crippen molar-refractivity contribution in [2.75, 3.05) is 0 Å². The first-order valence-electron chi connectivity index (χ1n) is 13.6. The van der Waals surface area contributed by atoms with Gasteiger partial charge in [-0.05, 0) is 80.0 Å². The minimum Gasteiger partial charge on any atom is -0.236 e. The fourth-order valence-corrected chi connectivity index (χ4v) is 7.73. The fourth-order valence-electron chi connectivity index (χ4n) is 6.69. The Bertz CT molecular complexity index is 2080. The molecular weight excluding hydrogens is 490 g/mol. The third-order valence-electron chi connectivity index (χ3n) is 8.56. The molecule has 0 amide bonds. The van der Waals surface area contributed by atoms with Crippen molar-refractivity contribution < 1.29 is 0 Å². The molecule has 8 rings (SSSR count). The monoisotopic (exact) mass is 517 g/mol. The topological polar surface area (TPSA) is 12.9 Å². The molecule has 0 N–H and O–H groups in total. The van der Waals surface area contributed by atoms with Crippen molar-refractivity contribution in [3.8, 4) is 32.8 Å². The summed E-state index contributed by atoms with van der Waals surface area (Å²) in [5, 5.41) is 6.15. The Labute approximate surface area is 232 Å². The zero-order valence-corrected chi connectivity index (χ0v) is 23.1. The predicted octanol–water partition coefficient (Wildman–Crippen LogP) is 10.6. The van der Waals surface area contributed by atoms with Gasteiger partial charge in [0.2, 0.25) is 0 Å². The summed E-state index contributed by atoms with van der Waals surface area (Å²) in [7, 11) is 0. The zero-order valence-electron chi connectivity index (χ0n) is 22.2. The molecule has 0 bridgehead atoms. The van der Waals surface area contributed by atoms with Gasteiger partial charge in [0, 0.05) is 11.0 Å². The molecule has 0 spiro atoms. The van der Waals surface area contributed by atoms with E-state index in [1.807, 2.05) is 0 Å². The van der Waals surface area contributed by atoms with Crippen molar-refractivity contribution in [1.82, 2.24) is 4.98 Å². The molecule has 1 nitrogen and oxygen atoms in total. The third kappa shape index (κ3) is 3.22. The molecule has 6 aromatic carbocycles. The Balaban J connectivity index is 1.48. The number of hydrogen-bond acceptors (Lipinski definition) is 2. The number of thiazole rings is 1. The van der Waals surface area contributed by atoms with Crippen LogP contribution in [0.2, 0.25) is 0 Å². The van der Waals surface area contributed by atoms with Gasteiger partial charge < -0.3 is 0 Å². The molecule has 0 fully saturated rings. The number of benzene rings is 6. The number of hydrogen-bond donors (Lipinski definition) is 0. The number of aryl methyl sites for hydroxylation is 1. The van der Waals surface area contributed by atoms with Gasteiger partial charge in [0.05, 0.1) is 10.2 Å². The Morgan fingerprint density at radius 1 is 0.590 bits per heavy atom. The van der Waals surface area contributed by atoms with Crippen molar-refractivity contribution >= 4 is 43.1 Å². The molecule has 1 aliphatic rings. The largest absolute Gasteiger partial charge is 0.236 e. The Morgan fingerprint density at radius 3 is 2.13 bits per heavy atom. The number of fused-ring (bicyclic) bond motifs is 6. The second-order valence-electron chi connectivity index (χ2n) is 11.3. The molecular formula is C37H27NS. The van der Waals surface area contributed by atoms with Crippen molar-refractivity contribution in [1.29, 1.82) is 0 Å². The van der Waals surface area contributed by atoms with Gasteiger partial charge in [-0.3, -0.25) is 0 Å². The molecule has 0 radical (unpaired) electrons. The molecule has 0 aliphatic heterocycles. The second-order valence-corrected chi connectivity index (χ2v) is 12.3. The molecule has 1 heterocycles. The molecule has 1 aromatic heterocycles. The maximum Gasteiger partial charge on any atom is 0.125 e. The smallest absolute Gasteiger partial charge is 0.125 e. The van der Waals surface area contributed by atoms with Gasteiger partial charge in [-0.25, -0.2) is 4.98 Å². The summed E-state index contributed by atoms with van der Waals surface area (Å²) < 4.78 is 1.22. The van der Waals surface area contributed by atoms with Gasteiger partial charge in [-0.15, -0.1) is 11.3 Å². The zero-order chi connectivity index (χ0) is 26.3. The first kappa shape index (κ1) is 22.7. The van der Waals surface area contributed by atoms with E-state index in [0.29, 0.717) is 0 Å². The van der Waals surface area contributed by atoms with E-state index in [4.69, 9.17) is 4.98 Å². The van der Waals surface area contributed by atoms with Gasteiger partial charge >= 0.3 is 0 Å². The van der Waals surface area contributed by atoms with Crippen LogP contribution in [-0.2, 0) is 5.41 Å². The van der Waals surface area contributed by atoms with Crippen LogP contribution in [0.25, 0.3) is 64.6 Å². The summed E-state index contributed by atoms with van der Waals surface area (Å²) >= 11 is 1.78. The quantitative estimate of drug-likeness (QED) is 0.208. The molecule has 0 saturated heterocycles. The van der Waals surface area contributed by atoms with Crippen LogP contribution in [0.1, 0.15) is 30.5 Å². The average molecular weight is 518 g/mol. The van der Waals surface area contributed by atoms with Gasteiger partial charge in [-0.1, -0.05) is 110 Å². The summed E-state index contributed by atoms with van der Waals surface area (Å²) in [5.74, 6) is 0. The first-order chi connectivity index (χ1) is 19.0. The molecule has 39 heavy (non-hydrogen) atoms. The van der Waals surface area contributed by atoms with E-state index in [1.165, 1.54) is 70.8 Å². The predicted molar refractivity (Wildman–Crippen MR) is 168 cm³/mol. The molecule has 1 aliphatic carbocycles. The maximum atomic E-state index is 5.11. The summed E-state index contributed by atoms with van der Waals surface area (Å²) in [4.78, 5) is 5.11. The highest BCUT2D eigenvalue weighted by Crippen LogP contribution is 2.51. The van der Waals surface area contributed by atoms with E-state index >= 15 is 0 Å². The van der Waals surface area contributed by atoms with Crippen LogP contribution < -0.4 is 0 Å². The van der Waals surface area contributed by atoms with E-state index in [-0.39, 0.29) is 5.41 Å². The SMILES string of the molecule is Cc1ccc2c(-c3nc4ccccc4s3)c3ccccc3c(-c3ccc4c(c3)-c3ccccc3C4(C)C)c2c1. The average Bonchev–Trinajstić information content (AvgIpc) is 3.48. The molecule has 186 valence electrons. The maximum absolute atomic E-state index is 5.11.